The Bertz CT molecular complexity index is 1300. The van der Waals surface area contributed by atoms with E-state index in [-0.39, 0.29) is 53.7 Å². The monoisotopic (exact) mass is 560 g/mol. The summed E-state index contributed by atoms with van der Waals surface area (Å²) >= 11 is 20.1. The second kappa shape index (κ2) is 11.7. The van der Waals surface area contributed by atoms with Crippen LogP contribution < -0.4 is 0 Å². The van der Waals surface area contributed by atoms with Crippen LogP contribution >= 0.6 is 46.6 Å². The first-order valence-corrected chi connectivity index (χ1v) is 13.3. The first-order chi connectivity index (χ1) is 17.2. The minimum absolute atomic E-state index is 0.0326. The Kier molecular flexibility index (Phi) is 8.68. The van der Waals surface area contributed by atoms with Gasteiger partial charge < -0.3 is 9.84 Å². The average Bonchev–Trinajstić information content (AvgIpc) is 2.83. The number of ketones is 1. The number of ether oxygens (including phenoxy) is 1. The maximum Gasteiger partial charge on any atom is 0.310 e. The van der Waals surface area contributed by atoms with Gasteiger partial charge in [-0.15, -0.1) is 0 Å². The molecule has 1 aliphatic carbocycles. The van der Waals surface area contributed by atoms with Crippen LogP contribution in [0.1, 0.15) is 48.5 Å². The second-order valence-electron chi connectivity index (χ2n) is 8.53. The van der Waals surface area contributed by atoms with Crippen molar-refractivity contribution in [2.24, 2.45) is 0 Å². The summed E-state index contributed by atoms with van der Waals surface area (Å²) in [4.78, 5) is 26.3. The lowest BCUT2D eigenvalue weighted by Gasteiger charge is -2.25. The van der Waals surface area contributed by atoms with Crippen molar-refractivity contribution in [1.29, 1.82) is 0 Å². The predicted molar refractivity (Wildman–Crippen MR) is 145 cm³/mol. The molecule has 3 aromatic carbocycles. The van der Waals surface area contributed by atoms with Gasteiger partial charge in [-0.3, -0.25) is 9.59 Å². The molecule has 0 radical (unpaired) electrons. The molecule has 0 saturated carbocycles. The van der Waals surface area contributed by atoms with Gasteiger partial charge in [0, 0.05) is 33.7 Å². The maximum absolute atomic E-state index is 13.0. The zero-order valence-electron chi connectivity index (χ0n) is 19.3. The highest BCUT2D eigenvalue weighted by atomic mass is 35.5. The van der Waals surface area contributed by atoms with Crippen molar-refractivity contribution in [2.75, 3.05) is 0 Å². The molecule has 2 atom stereocenters. The van der Waals surface area contributed by atoms with E-state index in [1.54, 1.807) is 36.4 Å². The summed E-state index contributed by atoms with van der Waals surface area (Å²) in [5, 5.41) is 12.1. The average molecular weight is 562 g/mol. The van der Waals surface area contributed by atoms with Crippen molar-refractivity contribution in [2.45, 2.75) is 43.1 Å². The van der Waals surface area contributed by atoms with E-state index in [4.69, 9.17) is 39.5 Å². The van der Waals surface area contributed by atoms with E-state index in [2.05, 4.69) is 0 Å². The van der Waals surface area contributed by atoms with E-state index in [9.17, 15) is 14.7 Å². The van der Waals surface area contributed by atoms with Crippen molar-refractivity contribution >= 4 is 58.3 Å². The number of aliphatic hydroxyl groups is 1. The van der Waals surface area contributed by atoms with Crippen LogP contribution in [-0.4, -0.2) is 16.9 Å². The van der Waals surface area contributed by atoms with Crippen LogP contribution in [0.3, 0.4) is 0 Å². The number of Topliss-reactive ketones (excluding diaryl/α,β-unsaturated/α-hetero) is 1. The fraction of sp³-hybridized carbons (Fsp3) is 0.214. The molecule has 1 unspecified atom stereocenters. The number of esters is 1. The number of benzene rings is 3. The molecule has 0 aromatic heterocycles. The van der Waals surface area contributed by atoms with Crippen molar-refractivity contribution in [3.05, 3.63) is 109 Å². The summed E-state index contributed by atoms with van der Waals surface area (Å²) < 4.78 is 5.56. The summed E-state index contributed by atoms with van der Waals surface area (Å²) in [6, 6.07) is 19.8. The number of carbonyl (C=O) groups is 2. The fourth-order valence-corrected chi connectivity index (χ4v) is 6.07. The SMILES string of the molecule is C[C@H](OC(=O)Cc1ccc(Cl)c(SC2=C(O)CC(c3c(Cl)cccc3Cl)CC2=O)c1)c1ccccc1. The number of hydrogen-bond donors (Lipinski definition) is 1. The van der Waals surface area contributed by atoms with Crippen molar-refractivity contribution in [3.63, 3.8) is 0 Å². The molecule has 186 valence electrons. The molecule has 4 nitrogen and oxygen atoms in total. The summed E-state index contributed by atoms with van der Waals surface area (Å²) in [5.41, 5.74) is 2.26. The molecule has 8 heteroatoms. The first kappa shape index (κ1) is 26.6. The number of carbonyl (C=O) groups excluding carboxylic acids is 2. The Labute approximate surface area is 229 Å². The molecule has 0 saturated heterocycles. The van der Waals surface area contributed by atoms with E-state index in [0.29, 0.717) is 31.1 Å². The Morgan fingerprint density at radius 2 is 1.69 bits per heavy atom. The predicted octanol–water partition coefficient (Wildman–Crippen LogP) is 8.50. The molecular formula is C28H23Cl3O4S. The quantitative estimate of drug-likeness (QED) is 0.293. The van der Waals surface area contributed by atoms with E-state index in [0.717, 1.165) is 17.3 Å². The van der Waals surface area contributed by atoms with E-state index < -0.39 is 0 Å². The fourth-order valence-electron chi connectivity index (χ4n) is 4.14. The van der Waals surface area contributed by atoms with Crippen LogP contribution in [0.25, 0.3) is 0 Å². The Balaban J connectivity index is 1.47. The summed E-state index contributed by atoms with van der Waals surface area (Å²) in [6.07, 6.45) is 0.0740. The lowest BCUT2D eigenvalue weighted by atomic mass is 9.86. The third-order valence-corrected chi connectivity index (χ3v) is 8.25. The minimum atomic E-state index is -0.375. The van der Waals surface area contributed by atoms with Crippen LogP contribution in [-0.2, 0) is 20.7 Å². The number of aliphatic hydroxyl groups excluding tert-OH is 1. The molecule has 0 bridgehead atoms. The van der Waals surface area contributed by atoms with Crippen LogP contribution in [0.15, 0.2) is 82.3 Å². The number of thioether (sulfide) groups is 1. The molecule has 0 heterocycles. The minimum Gasteiger partial charge on any atom is -0.511 e. The molecule has 0 aliphatic heterocycles. The van der Waals surface area contributed by atoms with E-state index in [1.807, 2.05) is 37.3 Å². The lowest BCUT2D eigenvalue weighted by Crippen LogP contribution is -2.17. The molecular weight excluding hydrogens is 539 g/mol. The van der Waals surface area contributed by atoms with Crippen LogP contribution in [0.5, 0.6) is 0 Å². The van der Waals surface area contributed by atoms with Gasteiger partial charge in [-0.25, -0.2) is 0 Å². The number of hydrogen-bond acceptors (Lipinski definition) is 5. The van der Waals surface area contributed by atoms with Gasteiger partial charge in [0.1, 0.15) is 11.9 Å². The number of halogens is 3. The zero-order valence-corrected chi connectivity index (χ0v) is 22.4. The van der Waals surface area contributed by atoms with Gasteiger partial charge in [0.25, 0.3) is 0 Å². The van der Waals surface area contributed by atoms with Gasteiger partial charge in [0.05, 0.1) is 16.3 Å². The van der Waals surface area contributed by atoms with Gasteiger partial charge in [-0.2, -0.15) is 0 Å². The van der Waals surface area contributed by atoms with Crippen molar-refractivity contribution in [3.8, 4) is 0 Å². The van der Waals surface area contributed by atoms with Crippen LogP contribution in [0, 0.1) is 0 Å². The molecule has 0 spiro atoms. The van der Waals surface area contributed by atoms with Gasteiger partial charge >= 0.3 is 5.97 Å². The Morgan fingerprint density at radius 1 is 1.00 bits per heavy atom. The van der Waals surface area contributed by atoms with E-state index >= 15 is 0 Å². The van der Waals surface area contributed by atoms with Gasteiger partial charge in [-0.1, -0.05) is 89.0 Å². The molecule has 0 amide bonds. The van der Waals surface area contributed by atoms with Crippen molar-refractivity contribution in [1.82, 2.24) is 0 Å². The largest absolute Gasteiger partial charge is 0.511 e. The van der Waals surface area contributed by atoms with Crippen molar-refractivity contribution < 1.29 is 19.4 Å². The van der Waals surface area contributed by atoms with Gasteiger partial charge in [0.2, 0.25) is 0 Å². The normalized spacial score (nSPS) is 16.7. The van der Waals surface area contributed by atoms with Crippen LogP contribution in [0.4, 0.5) is 0 Å². The number of allylic oxidation sites excluding steroid dienone is 2. The molecule has 1 N–H and O–H groups in total. The number of rotatable bonds is 7. The van der Waals surface area contributed by atoms with Gasteiger partial charge in [-0.05, 0) is 47.9 Å². The molecule has 0 fully saturated rings. The molecule has 36 heavy (non-hydrogen) atoms. The zero-order chi connectivity index (χ0) is 25.8. The Hall–Kier alpha value is -2.44. The third kappa shape index (κ3) is 6.27. The van der Waals surface area contributed by atoms with Crippen LogP contribution in [0.2, 0.25) is 15.1 Å². The highest BCUT2D eigenvalue weighted by molar-refractivity contribution is 8.04. The standard InChI is InChI=1S/C28H23Cl3O4S/c1-16(18-6-3-2-4-7-18)35-26(34)13-17-10-11-20(29)25(12-17)36-28-23(32)14-19(15-24(28)33)27-21(30)8-5-9-22(27)31/h2-12,16,19,32H,13-15H2,1H3/t16-,19?/m0/s1. The summed E-state index contributed by atoms with van der Waals surface area (Å²) in [7, 11) is 0. The highest BCUT2D eigenvalue weighted by Crippen LogP contribution is 2.45. The third-order valence-electron chi connectivity index (χ3n) is 5.93. The Morgan fingerprint density at radius 3 is 2.36 bits per heavy atom. The maximum atomic E-state index is 13.0. The van der Waals surface area contributed by atoms with E-state index in [1.165, 1.54) is 0 Å². The summed E-state index contributed by atoms with van der Waals surface area (Å²) in [6.45, 7) is 1.82. The summed E-state index contributed by atoms with van der Waals surface area (Å²) in [5.74, 6) is -0.941. The molecule has 1 aliphatic rings. The highest BCUT2D eigenvalue weighted by Gasteiger charge is 2.32. The lowest BCUT2D eigenvalue weighted by molar-refractivity contribution is -0.147. The smallest absolute Gasteiger partial charge is 0.310 e. The molecule has 3 aromatic rings. The first-order valence-electron chi connectivity index (χ1n) is 11.3. The second-order valence-corrected chi connectivity index (χ2v) is 10.8. The topological polar surface area (TPSA) is 63.6 Å². The van der Waals surface area contributed by atoms with Gasteiger partial charge in [0.15, 0.2) is 5.78 Å². The molecule has 4 rings (SSSR count).